The number of hydrogen-bond acceptors (Lipinski definition) is 3. The predicted molar refractivity (Wildman–Crippen MR) is 88.2 cm³/mol. The number of amides is 1. The number of aromatic nitrogens is 3. The predicted octanol–water partition coefficient (Wildman–Crippen LogP) is 2.99. The molecule has 3 aromatic rings. The van der Waals surface area contributed by atoms with Gasteiger partial charge in [-0.3, -0.25) is 9.78 Å². The molecule has 0 saturated carbocycles. The van der Waals surface area contributed by atoms with Crippen LogP contribution in [0.5, 0.6) is 0 Å². The molecule has 5 nitrogen and oxygen atoms in total. The first kappa shape index (κ1) is 15.2. The molecule has 0 saturated heterocycles. The highest BCUT2D eigenvalue weighted by molar-refractivity contribution is 6.30. The second kappa shape index (κ2) is 6.62. The van der Waals surface area contributed by atoms with Gasteiger partial charge in [0.15, 0.2) is 0 Å². The lowest BCUT2D eigenvalue weighted by atomic mass is 10.1. The molecule has 0 aliphatic rings. The number of carbonyl (C=O) groups excluding carboxylic acids is 1. The van der Waals surface area contributed by atoms with E-state index >= 15 is 0 Å². The second-order valence-electron chi connectivity index (χ2n) is 5.07. The molecule has 1 aromatic carbocycles. The standard InChI is InChI=1S/C17H15ClN4O/c1-22-11-10-20-16(22)15(12-5-7-13(18)8-6-12)21-17(23)14-4-2-3-9-19-14/h2-11,15H,1H3,(H,21,23). The number of halogens is 1. The van der Waals surface area contributed by atoms with E-state index in [1.54, 1.807) is 42.7 Å². The van der Waals surface area contributed by atoms with Gasteiger partial charge < -0.3 is 9.88 Å². The van der Waals surface area contributed by atoms with Crippen LogP contribution in [0.4, 0.5) is 0 Å². The zero-order valence-electron chi connectivity index (χ0n) is 12.5. The fraction of sp³-hybridized carbons (Fsp3) is 0.118. The third kappa shape index (κ3) is 3.40. The minimum Gasteiger partial charge on any atom is -0.337 e. The number of carbonyl (C=O) groups is 1. The molecule has 0 bridgehead atoms. The first-order valence-corrected chi connectivity index (χ1v) is 7.47. The Bertz CT molecular complexity index is 799. The Morgan fingerprint density at radius 2 is 1.91 bits per heavy atom. The number of nitrogens with zero attached hydrogens (tertiary/aromatic N) is 3. The van der Waals surface area contributed by atoms with Crippen molar-refractivity contribution in [2.75, 3.05) is 0 Å². The first-order chi connectivity index (χ1) is 11.1. The highest BCUT2D eigenvalue weighted by atomic mass is 35.5. The third-order valence-electron chi connectivity index (χ3n) is 3.49. The highest BCUT2D eigenvalue weighted by Crippen LogP contribution is 2.22. The quantitative estimate of drug-likeness (QED) is 0.801. The van der Waals surface area contributed by atoms with Gasteiger partial charge in [-0.1, -0.05) is 29.8 Å². The van der Waals surface area contributed by atoms with Crippen molar-refractivity contribution < 1.29 is 4.79 Å². The topological polar surface area (TPSA) is 59.8 Å². The number of aryl methyl sites for hydroxylation is 1. The highest BCUT2D eigenvalue weighted by Gasteiger charge is 2.21. The molecule has 0 radical (unpaired) electrons. The normalized spacial score (nSPS) is 11.9. The van der Waals surface area contributed by atoms with Crippen LogP contribution in [-0.4, -0.2) is 20.4 Å². The van der Waals surface area contributed by atoms with Gasteiger partial charge in [-0.2, -0.15) is 0 Å². The van der Waals surface area contributed by atoms with Crippen LogP contribution in [0.25, 0.3) is 0 Å². The third-order valence-corrected chi connectivity index (χ3v) is 3.74. The Hall–Kier alpha value is -2.66. The maximum absolute atomic E-state index is 12.5. The van der Waals surface area contributed by atoms with E-state index in [2.05, 4.69) is 15.3 Å². The Kier molecular flexibility index (Phi) is 4.39. The van der Waals surface area contributed by atoms with E-state index in [4.69, 9.17) is 11.6 Å². The molecule has 0 fully saturated rings. The van der Waals surface area contributed by atoms with Gasteiger partial charge in [0.05, 0.1) is 0 Å². The maximum atomic E-state index is 12.5. The average Bonchev–Trinajstić information content (AvgIpc) is 3.00. The van der Waals surface area contributed by atoms with Crippen LogP contribution in [0.1, 0.15) is 27.9 Å². The van der Waals surface area contributed by atoms with Crippen molar-refractivity contribution in [3.8, 4) is 0 Å². The average molecular weight is 327 g/mol. The molecule has 1 unspecified atom stereocenters. The molecule has 3 rings (SSSR count). The van der Waals surface area contributed by atoms with E-state index in [9.17, 15) is 4.79 Å². The van der Waals surface area contributed by atoms with E-state index in [1.165, 1.54) is 0 Å². The van der Waals surface area contributed by atoms with Crippen LogP contribution in [0, 0.1) is 0 Å². The van der Waals surface area contributed by atoms with Crippen molar-refractivity contribution in [1.29, 1.82) is 0 Å². The Morgan fingerprint density at radius 3 is 2.52 bits per heavy atom. The van der Waals surface area contributed by atoms with Gasteiger partial charge in [0, 0.05) is 30.7 Å². The van der Waals surface area contributed by atoms with Gasteiger partial charge in [0.1, 0.15) is 17.6 Å². The number of pyridine rings is 1. The molecule has 6 heteroatoms. The van der Waals surface area contributed by atoms with Crippen molar-refractivity contribution in [1.82, 2.24) is 19.9 Å². The Balaban J connectivity index is 1.94. The van der Waals surface area contributed by atoms with Crippen LogP contribution in [0.3, 0.4) is 0 Å². The molecule has 0 aliphatic carbocycles. The van der Waals surface area contributed by atoms with E-state index in [1.807, 2.05) is 29.9 Å². The Labute approximate surface area is 139 Å². The van der Waals surface area contributed by atoms with E-state index in [0.717, 1.165) is 11.4 Å². The van der Waals surface area contributed by atoms with Crippen molar-refractivity contribution in [3.63, 3.8) is 0 Å². The summed E-state index contributed by atoms with van der Waals surface area (Å²) in [6, 6.07) is 12.2. The molecule has 0 aliphatic heterocycles. The number of nitrogens with one attached hydrogen (secondary N) is 1. The largest absolute Gasteiger partial charge is 0.337 e. The summed E-state index contributed by atoms with van der Waals surface area (Å²) in [6.45, 7) is 0. The maximum Gasteiger partial charge on any atom is 0.270 e. The van der Waals surface area contributed by atoms with Gasteiger partial charge in [0.2, 0.25) is 0 Å². The van der Waals surface area contributed by atoms with E-state index in [0.29, 0.717) is 10.7 Å². The van der Waals surface area contributed by atoms with Crippen molar-refractivity contribution in [3.05, 3.63) is 83.2 Å². The smallest absolute Gasteiger partial charge is 0.270 e. The zero-order chi connectivity index (χ0) is 16.2. The lowest BCUT2D eigenvalue weighted by molar-refractivity contribution is 0.0936. The van der Waals surface area contributed by atoms with Crippen LogP contribution in [0.2, 0.25) is 5.02 Å². The summed E-state index contributed by atoms with van der Waals surface area (Å²) in [5.74, 6) is 0.477. The molecular weight excluding hydrogens is 312 g/mol. The fourth-order valence-corrected chi connectivity index (χ4v) is 2.44. The summed E-state index contributed by atoms with van der Waals surface area (Å²) in [7, 11) is 1.89. The van der Waals surface area contributed by atoms with Gasteiger partial charge in [-0.25, -0.2) is 4.98 Å². The summed E-state index contributed by atoms with van der Waals surface area (Å²) < 4.78 is 1.87. The van der Waals surface area contributed by atoms with Gasteiger partial charge in [-0.15, -0.1) is 0 Å². The fourth-order valence-electron chi connectivity index (χ4n) is 2.31. The molecule has 0 spiro atoms. The Morgan fingerprint density at radius 1 is 1.13 bits per heavy atom. The lowest BCUT2D eigenvalue weighted by Crippen LogP contribution is -2.31. The van der Waals surface area contributed by atoms with Crippen LogP contribution >= 0.6 is 11.6 Å². The molecule has 1 atom stereocenters. The molecular formula is C17H15ClN4O. The van der Waals surface area contributed by atoms with Crippen molar-refractivity contribution >= 4 is 17.5 Å². The first-order valence-electron chi connectivity index (χ1n) is 7.10. The summed E-state index contributed by atoms with van der Waals surface area (Å²) in [5, 5.41) is 3.63. The zero-order valence-corrected chi connectivity index (χ0v) is 13.2. The van der Waals surface area contributed by atoms with Gasteiger partial charge in [-0.05, 0) is 29.8 Å². The minimum atomic E-state index is -0.387. The molecule has 116 valence electrons. The van der Waals surface area contributed by atoms with Crippen LogP contribution in [0.15, 0.2) is 61.1 Å². The summed E-state index contributed by atoms with van der Waals surface area (Å²) >= 11 is 5.96. The second-order valence-corrected chi connectivity index (χ2v) is 5.51. The molecule has 1 amide bonds. The molecule has 1 N–H and O–H groups in total. The van der Waals surface area contributed by atoms with Crippen molar-refractivity contribution in [2.24, 2.45) is 7.05 Å². The minimum absolute atomic E-state index is 0.256. The number of benzene rings is 1. The van der Waals surface area contributed by atoms with E-state index < -0.39 is 0 Å². The number of imidazole rings is 1. The monoisotopic (exact) mass is 326 g/mol. The lowest BCUT2D eigenvalue weighted by Gasteiger charge is -2.19. The summed E-state index contributed by atoms with van der Waals surface area (Å²) in [5.41, 5.74) is 1.26. The van der Waals surface area contributed by atoms with Gasteiger partial charge >= 0.3 is 0 Å². The summed E-state index contributed by atoms with van der Waals surface area (Å²) in [6.07, 6.45) is 5.13. The number of rotatable bonds is 4. The molecule has 2 heterocycles. The van der Waals surface area contributed by atoms with Crippen LogP contribution in [-0.2, 0) is 7.05 Å². The molecule has 23 heavy (non-hydrogen) atoms. The SMILES string of the molecule is Cn1ccnc1C(NC(=O)c1ccccn1)c1ccc(Cl)cc1. The summed E-state index contributed by atoms with van der Waals surface area (Å²) in [4.78, 5) is 20.9. The van der Waals surface area contributed by atoms with Gasteiger partial charge in [0.25, 0.3) is 5.91 Å². The number of hydrogen-bond donors (Lipinski definition) is 1. The van der Waals surface area contributed by atoms with E-state index in [-0.39, 0.29) is 11.9 Å². The van der Waals surface area contributed by atoms with Crippen molar-refractivity contribution in [2.45, 2.75) is 6.04 Å². The molecule has 2 aromatic heterocycles. The van der Waals surface area contributed by atoms with Crippen LogP contribution < -0.4 is 5.32 Å².